The molecule has 1 atom stereocenters. The standard InChI is InChI=1S/C15H16Cl2N2/c16-13-4-2-5-14(17)12(13)9-19-7-10-3-1-6-15(18)11(10)8-19/h2,4-5,7-8,15H,1,3,6,9,18H2. The highest BCUT2D eigenvalue weighted by molar-refractivity contribution is 6.35. The van der Waals surface area contributed by atoms with E-state index in [-0.39, 0.29) is 6.04 Å². The fourth-order valence-corrected chi connectivity index (χ4v) is 3.26. The SMILES string of the molecule is NC1CCCc2cn(Cc3c(Cl)cccc3Cl)cc21. The summed E-state index contributed by atoms with van der Waals surface area (Å²) >= 11 is 12.4. The van der Waals surface area contributed by atoms with Crippen molar-refractivity contribution in [2.24, 2.45) is 5.73 Å². The summed E-state index contributed by atoms with van der Waals surface area (Å²) in [4.78, 5) is 0. The van der Waals surface area contributed by atoms with Gasteiger partial charge in [-0.05, 0) is 42.5 Å². The maximum atomic E-state index is 6.21. The molecule has 100 valence electrons. The number of benzene rings is 1. The lowest BCUT2D eigenvalue weighted by atomic mass is 9.92. The van der Waals surface area contributed by atoms with Gasteiger partial charge in [0.05, 0.1) is 0 Å². The molecule has 2 N–H and O–H groups in total. The van der Waals surface area contributed by atoms with Gasteiger partial charge >= 0.3 is 0 Å². The molecule has 0 saturated heterocycles. The molecule has 1 aromatic heterocycles. The van der Waals surface area contributed by atoms with Crippen LogP contribution in [-0.4, -0.2) is 4.57 Å². The number of aryl methyl sites for hydroxylation is 1. The maximum Gasteiger partial charge on any atom is 0.0500 e. The Bertz CT molecular complexity index is 584. The number of aromatic nitrogens is 1. The quantitative estimate of drug-likeness (QED) is 0.885. The molecule has 0 fully saturated rings. The number of rotatable bonds is 2. The normalized spacial score (nSPS) is 18.4. The Kier molecular flexibility index (Phi) is 3.57. The Morgan fingerprint density at radius 1 is 1.21 bits per heavy atom. The van der Waals surface area contributed by atoms with Gasteiger partial charge in [-0.25, -0.2) is 0 Å². The largest absolute Gasteiger partial charge is 0.349 e. The first-order chi connectivity index (χ1) is 9.15. The molecule has 1 aliphatic carbocycles. The van der Waals surface area contributed by atoms with Gasteiger partial charge in [0, 0.05) is 40.6 Å². The minimum atomic E-state index is 0.173. The Morgan fingerprint density at radius 3 is 2.63 bits per heavy atom. The van der Waals surface area contributed by atoms with Crippen LogP contribution >= 0.6 is 23.2 Å². The molecular formula is C15H16Cl2N2. The topological polar surface area (TPSA) is 30.9 Å². The molecule has 1 aliphatic rings. The zero-order valence-corrected chi connectivity index (χ0v) is 12.1. The van der Waals surface area contributed by atoms with Crippen molar-refractivity contribution in [3.63, 3.8) is 0 Å². The first-order valence-corrected chi connectivity index (χ1v) is 7.28. The van der Waals surface area contributed by atoms with Gasteiger partial charge in [0.15, 0.2) is 0 Å². The van der Waals surface area contributed by atoms with Crippen molar-refractivity contribution in [3.8, 4) is 0 Å². The van der Waals surface area contributed by atoms with Gasteiger partial charge in [0.1, 0.15) is 0 Å². The smallest absolute Gasteiger partial charge is 0.0500 e. The number of hydrogen-bond acceptors (Lipinski definition) is 1. The summed E-state index contributed by atoms with van der Waals surface area (Å²) in [6, 6.07) is 5.78. The highest BCUT2D eigenvalue weighted by atomic mass is 35.5. The van der Waals surface area contributed by atoms with E-state index < -0.39 is 0 Å². The van der Waals surface area contributed by atoms with E-state index in [0.29, 0.717) is 16.6 Å². The second-order valence-electron chi connectivity index (χ2n) is 5.11. The monoisotopic (exact) mass is 294 g/mol. The fraction of sp³-hybridized carbons (Fsp3) is 0.333. The third-order valence-corrected chi connectivity index (χ3v) is 4.47. The van der Waals surface area contributed by atoms with Crippen molar-refractivity contribution >= 4 is 23.2 Å². The van der Waals surface area contributed by atoms with Gasteiger partial charge in [0.25, 0.3) is 0 Å². The predicted octanol–water partition coefficient (Wildman–Crippen LogP) is 4.18. The molecule has 0 amide bonds. The minimum Gasteiger partial charge on any atom is -0.349 e. The van der Waals surface area contributed by atoms with Gasteiger partial charge in [-0.2, -0.15) is 0 Å². The lowest BCUT2D eigenvalue weighted by Crippen LogP contribution is -2.15. The second-order valence-corrected chi connectivity index (χ2v) is 5.92. The van der Waals surface area contributed by atoms with Crippen molar-refractivity contribution < 1.29 is 0 Å². The number of fused-ring (bicyclic) bond motifs is 1. The average Bonchev–Trinajstić information content (AvgIpc) is 2.78. The van der Waals surface area contributed by atoms with E-state index in [4.69, 9.17) is 28.9 Å². The van der Waals surface area contributed by atoms with E-state index in [1.54, 1.807) is 0 Å². The molecule has 1 unspecified atom stereocenters. The van der Waals surface area contributed by atoms with Crippen LogP contribution in [0.3, 0.4) is 0 Å². The summed E-state index contributed by atoms with van der Waals surface area (Å²) in [7, 11) is 0. The van der Waals surface area contributed by atoms with Crippen molar-refractivity contribution in [2.75, 3.05) is 0 Å². The molecule has 0 saturated carbocycles. The van der Waals surface area contributed by atoms with E-state index in [0.717, 1.165) is 18.4 Å². The lowest BCUT2D eigenvalue weighted by Gasteiger charge is -2.17. The Labute approximate surface area is 123 Å². The summed E-state index contributed by atoms with van der Waals surface area (Å²) in [5.41, 5.74) is 9.75. The molecular weight excluding hydrogens is 279 g/mol. The van der Waals surface area contributed by atoms with E-state index >= 15 is 0 Å². The van der Waals surface area contributed by atoms with Crippen LogP contribution in [-0.2, 0) is 13.0 Å². The molecule has 3 rings (SSSR count). The molecule has 19 heavy (non-hydrogen) atoms. The first-order valence-electron chi connectivity index (χ1n) is 6.52. The van der Waals surface area contributed by atoms with E-state index in [1.807, 2.05) is 18.2 Å². The number of nitrogens with zero attached hydrogens (tertiary/aromatic N) is 1. The molecule has 0 radical (unpaired) electrons. The van der Waals surface area contributed by atoms with Gasteiger partial charge < -0.3 is 10.3 Å². The summed E-state index contributed by atoms with van der Waals surface area (Å²) < 4.78 is 2.14. The van der Waals surface area contributed by atoms with Crippen LogP contribution in [0.5, 0.6) is 0 Å². The third-order valence-electron chi connectivity index (χ3n) is 3.76. The molecule has 0 spiro atoms. The molecule has 0 bridgehead atoms. The summed E-state index contributed by atoms with van der Waals surface area (Å²) in [5.74, 6) is 0. The van der Waals surface area contributed by atoms with Crippen LogP contribution in [0.2, 0.25) is 10.0 Å². The lowest BCUT2D eigenvalue weighted by molar-refractivity contribution is 0.573. The zero-order valence-electron chi connectivity index (χ0n) is 10.6. The third kappa shape index (κ3) is 2.53. The van der Waals surface area contributed by atoms with Crippen LogP contribution in [0, 0.1) is 0 Å². The fourth-order valence-electron chi connectivity index (χ4n) is 2.74. The molecule has 1 heterocycles. The second kappa shape index (κ2) is 5.20. The first kappa shape index (κ1) is 13.0. The van der Waals surface area contributed by atoms with Crippen LogP contribution in [0.4, 0.5) is 0 Å². The van der Waals surface area contributed by atoms with Crippen molar-refractivity contribution in [3.05, 3.63) is 57.3 Å². The van der Waals surface area contributed by atoms with E-state index in [9.17, 15) is 0 Å². The van der Waals surface area contributed by atoms with Gasteiger partial charge in [-0.1, -0.05) is 29.3 Å². The highest BCUT2D eigenvalue weighted by Gasteiger charge is 2.19. The maximum absolute atomic E-state index is 6.21. The Morgan fingerprint density at radius 2 is 1.95 bits per heavy atom. The van der Waals surface area contributed by atoms with Crippen LogP contribution < -0.4 is 5.73 Å². The van der Waals surface area contributed by atoms with Crippen LogP contribution in [0.1, 0.15) is 35.6 Å². The summed E-state index contributed by atoms with van der Waals surface area (Å²) in [6.07, 6.45) is 7.67. The van der Waals surface area contributed by atoms with Crippen molar-refractivity contribution in [2.45, 2.75) is 31.8 Å². The number of hydrogen-bond donors (Lipinski definition) is 1. The zero-order chi connectivity index (χ0) is 13.4. The van der Waals surface area contributed by atoms with Crippen molar-refractivity contribution in [1.29, 1.82) is 0 Å². The molecule has 1 aromatic carbocycles. The average molecular weight is 295 g/mol. The Balaban J connectivity index is 1.92. The van der Waals surface area contributed by atoms with E-state index in [1.165, 1.54) is 17.5 Å². The van der Waals surface area contributed by atoms with Crippen LogP contribution in [0.15, 0.2) is 30.6 Å². The predicted molar refractivity (Wildman–Crippen MR) is 79.9 cm³/mol. The van der Waals surface area contributed by atoms with Gasteiger partial charge in [-0.3, -0.25) is 0 Å². The minimum absolute atomic E-state index is 0.173. The van der Waals surface area contributed by atoms with Gasteiger partial charge in [-0.15, -0.1) is 0 Å². The molecule has 4 heteroatoms. The molecule has 2 nitrogen and oxygen atoms in total. The van der Waals surface area contributed by atoms with E-state index in [2.05, 4.69) is 17.0 Å². The highest BCUT2D eigenvalue weighted by Crippen LogP contribution is 2.30. The number of halogens is 2. The summed E-state index contributed by atoms with van der Waals surface area (Å²) in [5, 5.41) is 1.42. The molecule has 2 aromatic rings. The number of nitrogens with two attached hydrogens (primary N) is 1. The molecule has 0 aliphatic heterocycles. The Hall–Kier alpha value is -0.960. The van der Waals surface area contributed by atoms with Crippen LogP contribution in [0.25, 0.3) is 0 Å². The van der Waals surface area contributed by atoms with Gasteiger partial charge in [0.2, 0.25) is 0 Å². The summed E-state index contributed by atoms with van der Waals surface area (Å²) in [6.45, 7) is 0.693. The van der Waals surface area contributed by atoms with Crippen molar-refractivity contribution in [1.82, 2.24) is 4.57 Å².